The normalized spacial score (nSPS) is 11.7. The number of carbonyl (C=O) groups is 1. The molecule has 0 saturated carbocycles. The van der Waals surface area contributed by atoms with Crippen LogP contribution in [0.4, 0.5) is 10.8 Å². The van der Waals surface area contributed by atoms with Crippen LogP contribution in [0, 0.1) is 0 Å². The van der Waals surface area contributed by atoms with Gasteiger partial charge in [0.25, 0.3) is 10.0 Å². The summed E-state index contributed by atoms with van der Waals surface area (Å²) in [7, 11) is -7.46. The zero-order valence-corrected chi connectivity index (χ0v) is 17.9. The highest BCUT2D eigenvalue weighted by atomic mass is 32.2. The largest absolute Gasteiger partial charge is 0.326 e. The van der Waals surface area contributed by atoms with Crippen LogP contribution in [-0.2, 0) is 24.8 Å². The second kappa shape index (κ2) is 9.34. The van der Waals surface area contributed by atoms with Crippen LogP contribution in [0.2, 0.25) is 0 Å². The predicted molar refractivity (Wildman–Crippen MR) is 114 cm³/mol. The smallest absolute Gasteiger partial charge is 0.263 e. The average molecular weight is 467 g/mol. The molecule has 12 heteroatoms. The van der Waals surface area contributed by atoms with Crippen LogP contribution in [0.25, 0.3) is 0 Å². The molecule has 0 bridgehead atoms. The van der Waals surface area contributed by atoms with Crippen molar-refractivity contribution in [2.24, 2.45) is 0 Å². The zero-order valence-electron chi connectivity index (χ0n) is 15.5. The minimum absolute atomic E-state index is 0.0197. The molecule has 30 heavy (non-hydrogen) atoms. The molecule has 1 aromatic heterocycles. The van der Waals surface area contributed by atoms with Crippen LogP contribution in [-0.4, -0.2) is 34.3 Å². The van der Waals surface area contributed by atoms with Crippen LogP contribution in [0.3, 0.4) is 0 Å². The van der Waals surface area contributed by atoms with Crippen LogP contribution >= 0.6 is 11.3 Å². The first-order chi connectivity index (χ1) is 14.3. The molecule has 3 rings (SSSR count). The molecule has 158 valence electrons. The molecule has 0 spiro atoms. The van der Waals surface area contributed by atoms with E-state index in [1.54, 1.807) is 23.6 Å². The quantitative estimate of drug-likeness (QED) is 0.443. The Labute approximate surface area is 178 Å². The molecule has 0 aliphatic heterocycles. The maximum Gasteiger partial charge on any atom is 0.263 e. The third-order valence-electron chi connectivity index (χ3n) is 3.80. The lowest BCUT2D eigenvalue weighted by molar-refractivity contribution is -0.116. The number of sulfonamides is 2. The number of hydrogen-bond donors (Lipinski definition) is 3. The third kappa shape index (κ3) is 5.86. The number of anilines is 2. The number of rotatable bonds is 9. The standard InChI is InChI=1S/C18H18N4O5S3/c23-17(10-11-20-29(24,25)15-4-2-1-3-5-15)21-14-6-8-16(9-7-14)30(26,27)22-18-19-12-13-28-18/h1-9,12-13,20H,10-11H2,(H,19,22)(H,21,23). The first-order valence-electron chi connectivity index (χ1n) is 8.63. The van der Waals surface area contributed by atoms with E-state index in [0.29, 0.717) is 5.69 Å². The van der Waals surface area contributed by atoms with Gasteiger partial charge in [0.05, 0.1) is 9.79 Å². The van der Waals surface area contributed by atoms with Crippen molar-refractivity contribution in [3.05, 3.63) is 66.2 Å². The summed E-state index contributed by atoms with van der Waals surface area (Å²) in [5.41, 5.74) is 0.388. The number of benzene rings is 2. The monoisotopic (exact) mass is 466 g/mol. The minimum Gasteiger partial charge on any atom is -0.326 e. The van der Waals surface area contributed by atoms with Crippen LogP contribution < -0.4 is 14.8 Å². The molecular formula is C18H18N4O5S3. The van der Waals surface area contributed by atoms with Gasteiger partial charge in [-0.15, -0.1) is 11.3 Å². The predicted octanol–water partition coefficient (Wildman–Crippen LogP) is 2.25. The molecule has 0 atom stereocenters. The van der Waals surface area contributed by atoms with E-state index in [2.05, 4.69) is 19.7 Å². The van der Waals surface area contributed by atoms with Gasteiger partial charge < -0.3 is 5.32 Å². The van der Waals surface area contributed by atoms with Crippen molar-refractivity contribution in [2.45, 2.75) is 16.2 Å². The molecule has 2 aromatic carbocycles. The Bertz CT molecular complexity index is 1190. The Kier molecular flexibility index (Phi) is 6.82. The molecular weight excluding hydrogens is 448 g/mol. The Morgan fingerprint density at radius 3 is 2.20 bits per heavy atom. The highest BCUT2D eigenvalue weighted by Crippen LogP contribution is 2.19. The van der Waals surface area contributed by atoms with E-state index in [9.17, 15) is 21.6 Å². The van der Waals surface area contributed by atoms with Crippen LogP contribution in [0.5, 0.6) is 0 Å². The molecule has 9 nitrogen and oxygen atoms in total. The summed E-state index contributed by atoms with van der Waals surface area (Å²) in [6, 6.07) is 13.4. The molecule has 0 fully saturated rings. The average Bonchev–Trinajstić information content (AvgIpc) is 3.21. The van der Waals surface area contributed by atoms with Crippen molar-refractivity contribution in [1.29, 1.82) is 0 Å². The van der Waals surface area contributed by atoms with E-state index in [1.807, 2.05) is 0 Å². The molecule has 0 unspecified atom stereocenters. The fourth-order valence-electron chi connectivity index (χ4n) is 2.37. The lowest BCUT2D eigenvalue weighted by Gasteiger charge is -2.09. The molecule has 1 amide bonds. The summed E-state index contributed by atoms with van der Waals surface area (Å²) in [5, 5.41) is 4.50. The van der Waals surface area contributed by atoms with E-state index in [-0.39, 0.29) is 27.9 Å². The summed E-state index contributed by atoms with van der Waals surface area (Å²) >= 11 is 1.16. The SMILES string of the molecule is O=C(CCNS(=O)(=O)c1ccccc1)Nc1ccc(S(=O)(=O)Nc2nccs2)cc1. The van der Waals surface area contributed by atoms with Gasteiger partial charge in [-0.3, -0.25) is 9.52 Å². The van der Waals surface area contributed by atoms with E-state index >= 15 is 0 Å². The van der Waals surface area contributed by atoms with Gasteiger partial charge in [0.15, 0.2) is 5.13 Å². The maximum absolute atomic E-state index is 12.3. The molecule has 0 aliphatic rings. The van der Waals surface area contributed by atoms with E-state index in [1.165, 1.54) is 42.6 Å². The highest BCUT2D eigenvalue weighted by molar-refractivity contribution is 7.93. The first kappa shape index (κ1) is 21.9. The van der Waals surface area contributed by atoms with Gasteiger partial charge in [0.1, 0.15) is 0 Å². The lowest BCUT2D eigenvalue weighted by atomic mass is 10.3. The lowest BCUT2D eigenvalue weighted by Crippen LogP contribution is -2.27. The fourth-order valence-corrected chi connectivity index (χ4v) is 5.21. The number of nitrogens with zero attached hydrogens (tertiary/aromatic N) is 1. The number of carbonyl (C=O) groups excluding carboxylic acids is 1. The van der Waals surface area contributed by atoms with Gasteiger partial charge in [-0.25, -0.2) is 26.5 Å². The third-order valence-corrected chi connectivity index (χ3v) is 7.45. The Morgan fingerprint density at radius 1 is 0.900 bits per heavy atom. The summed E-state index contributed by atoms with van der Waals surface area (Å²) in [6.45, 7) is -0.0761. The summed E-state index contributed by atoms with van der Waals surface area (Å²) in [6.07, 6.45) is 1.40. The number of nitrogens with one attached hydrogen (secondary N) is 3. The molecule has 3 aromatic rings. The Morgan fingerprint density at radius 2 is 1.57 bits per heavy atom. The van der Waals surface area contributed by atoms with E-state index in [0.717, 1.165) is 11.3 Å². The first-order valence-corrected chi connectivity index (χ1v) is 12.5. The summed E-state index contributed by atoms with van der Waals surface area (Å²) in [4.78, 5) is 16.1. The molecule has 1 heterocycles. The van der Waals surface area contributed by atoms with Crippen molar-refractivity contribution in [3.8, 4) is 0 Å². The number of hydrogen-bond acceptors (Lipinski definition) is 7. The van der Waals surface area contributed by atoms with Crippen molar-refractivity contribution < 1.29 is 21.6 Å². The van der Waals surface area contributed by atoms with Gasteiger partial charge in [-0.2, -0.15) is 0 Å². The summed E-state index contributed by atoms with van der Waals surface area (Å²) < 4.78 is 53.5. The van der Waals surface area contributed by atoms with E-state index < -0.39 is 26.0 Å². The molecule has 0 saturated heterocycles. The highest BCUT2D eigenvalue weighted by Gasteiger charge is 2.16. The Balaban J connectivity index is 1.52. The second-order valence-electron chi connectivity index (χ2n) is 5.98. The number of amides is 1. The molecule has 3 N–H and O–H groups in total. The van der Waals surface area contributed by atoms with Crippen molar-refractivity contribution in [3.63, 3.8) is 0 Å². The van der Waals surface area contributed by atoms with E-state index in [4.69, 9.17) is 0 Å². The van der Waals surface area contributed by atoms with Gasteiger partial charge in [-0.05, 0) is 36.4 Å². The molecule has 0 radical (unpaired) electrons. The van der Waals surface area contributed by atoms with Crippen molar-refractivity contribution in [1.82, 2.24) is 9.71 Å². The van der Waals surface area contributed by atoms with Gasteiger partial charge in [-0.1, -0.05) is 18.2 Å². The minimum atomic E-state index is -3.78. The van der Waals surface area contributed by atoms with Crippen LogP contribution in [0.15, 0.2) is 76.0 Å². The maximum atomic E-state index is 12.3. The number of aromatic nitrogens is 1. The molecule has 0 aliphatic carbocycles. The van der Waals surface area contributed by atoms with Crippen molar-refractivity contribution >= 4 is 48.1 Å². The van der Waals surface area contributed by atoms with Crippen molar-refractivity contribution in [2.75, 3.05) is 16.6 Å². The topological polar surface area (TPSA) is 134 Å². The van der Waals surface area contributed by atoms with Gasteiger partial charge >= 0.3 is 0 Å². The van der Waals surface area contributed by atoms with Gasteiger partial charge in [0.2, 0.25) is 15.9 Å². The second-order valence-corrected chi connectivity index (χ2v) is 10.3. The summed E-state index contributed by atoms with van der Waals surface area (Å²) in [5.74, 6) is -0.415. The Hall–Kier alpha value is -2.80. The zero-order chi connectivity index (χ0) is 21.6. The number of thiazole rings is 1. The fraction of sp³-hybridized carbons (Fsp3) is 0.111. The van der Waals surface area contributed by atoms with Crippen LogP contribution in [0.1, 0.15) is 6.42 Å². The van der Waals surface area contributed by atoms with Gasteiger partial charge in [0, 0.05) is 30.2 Å².